The van der Waals surface area contributed by atoms with Gasteiger partial charge in [0.2, 0.25) is 0 Å². The number of phenolic OH excluding ortho intramolecular Hbond substituents is 1. The molecule has 6 nitrogen and oxygen atoms in total. The first-order valence-electron chi connectivity index (χ1n) is 10.9. The van der Waals surface area contributed by atoms with Gasteiger partial charge in [-0.1, -0.05) is 18.2 Å². The van der Waals surface area contributed by atoms with Crippen molar-refractivity contribution in [1.82, 2.24) is 15.5 Å². The van der Waals surface area contributed by atoms with E-state index < -0.39 is 0 Å². The van der Waals surface area contributed by atoms with Gasteiger partial charge in [-0.05, 0) is 55.5 Å². The summed E-state index contributed by atoms with van der Waals surface area (Å²) < 4.78 is 18.2. The van der Waals surface area contributed by atoms with Crippen LogP contribution in [0.4, 0.5) is 4.39 Å². The van der Waals surface area contributed by atoms with E-state index in [1.165, 1.54) is 12.1 Å². The fourth-order valence-corrected chi connectivity index (χ4v) is 3.77. The molecule has 1 saturated heterocycles. The summed E-state index contributed by atoms with van der Waals surface area (Å²) in [5, 5.41) is 17.0. The van der Waals surface area contributed by atoms with Crippen LogP contribution < -0.4 is 15.4 Å². The first-order chi connectivity index (χ1) is 15.1. The van der Waals surface area contributed by atoms with Gasteiger partial charge in [0.15, 0.2) is 5.96 Å². The van der Waals surface area contributed by atoms with Gasteiger partial charge in [0.25, 0.3) is 0 Å². The number of likely N-dealkylation sites (tertiary alicyclic amines) is 1. The van der Waals surface area contributed by atoms with Crippen molar-refractivity contribution in [3.05, 3.63) is 59.4 Å². The van der Waals surface area contributed by atoms with Crippen molar-refractivity contribution in [3.63, 3.8) is 0 Å². The van der Waals surface area contributed by atoms with Crippen molar-refractivity contribution in [2.75, 3.05) is 33.3 Å². The molecule has 1 aliphatic rings. The molecule has 168 valence electrons. The molecule has 3 rings (SSSR count). The summed E-state index contributed by atoms with van der Waals surface area (Å²) in [6.45, 7) is 6.27. The first kappa shape index (κ1) is 22.9. The predicted octanol–water partition coefficient (Wildman–Crippen LogP) is 3.30. The van der Waals surface area contributed by atoms with Gasteiger partial charge in [-0.3, -0.25) is 9.89 Å². The number of phenols is 1. The summed E-state index contributed by atoms with van der Waals surface area (Å²) in [5.74, 6) is 1.50. The maximum Gasteiger partial charge on any atom is 0.191 e. The highest BCUT2D eigenvalue weighted by Gasteiger charge is 2.20. The zero-order chi connectivity index (χ0) is 22.1. The molecule has 1 heterocycles. The zero-order valence-corrected chi connectivity index (χ0v) is 18.4. The Bertz CT molecular complexity index is 849. The number of aromatic hydroxyl groups is 1. The second-order valence-corrected chi connectivity index (χ2v) is 7.83. The standard InChI is InChI=1S/C24H33FN4O2/c1-3-26-24(27-13-10-19-6-9-22(31-2)16-23(19)30)28-21-11-14-29(15-12-21)17-18-4-7-20(25)8-5-18/h4-9,16,21,30H,3,10-15,17H2,1-2H3,(H2,26,27,28). The Morgan fingerprint density at radius 1 is 1.19 bits per heavy atom. The van der Waals surface area contributed by atoms with Gasteiger partial charge >= 0.3 is 0 Å². The zero-order valence-electron chi connectivity index (χ0n) is 18.4. The number of nitrogens with zero attached hydrogens (tertiary/aromatic N) is 2. The third kappa shape index (κ3) is 7.14. The first-order valence-corrected chi connectivity index (χ1v) is 10.9. The SMILES string of the molecule is CCNC(=NCCc1ccc(OC)cc1O)NC1CCN(Cc2ccc(F)cc2)CC1. The van der Waals surface area contributed by atoms with Crippen molar-refractivity contribution in [1.29, 1.82) is 0 Å². The number of piperidine rings is 1. The Hall–Kier alpha value is -2.80. The number of guanidine groups is 1. The number of rotatable bonds is 8. The van der Waals surface area contributed by atoms with Gasteiger partial charge in [0.05, 0.1) is 7.11 Å². The smallest absolute Gasteiger partial charge is 0.191 e. The van der Waals surface area contributed by atoms with Gasteiger partial charge in [-0.2, -0.15) is 0 Å². The second-order valence-electron chi connectivity index (χ2n) is 7.83. The lowest BCUT2D eigenvalue weighted by Crippen LogP contribution is -2.48. The summed E-state index contributed by atoms with van der Waals surface area (Å²) in [7, 11) is 1.58. The van der Waals surface area contributed by atoms with Gasteiger partial charge in [0, 0.05) is 44.8 Å². The summed E-state index contributed by atoms with van der Waals surface area (Å²) in [6, 6.07) is 12.5. The van der Waals surface area contributed by atoms with Gasteiger partial charge in [0.1, 0.15) is 17.3 Å². The lowest BCUT2D eigenvalue weighted by molar-refractivity contribution is 0.198. The lowest BCUT2D eigenvalue weighted by Gasteiger charge is -2.33. The number of methoxy groups -OCH3 is 1. The van der Waals surface area contributed by atoms with Crippen LogP contribution in [0.3, 0.4) is 0 Å². The van der Waals surface area contributed by atoms with Gasteiger partial charge < -0.3 is 20.5 Å². The summed E-state index contributed by atoms with van der Waals surface area (Å²) in [4.78, 5) is 7.09. The van der Waals surface area contributed by atoms with Crippen molar-refractivity contribution >= 4 is 5.96 Å². The number of aliphatic imine (C=N–C) groups is 1. The molecule has 31 heavy (non-hydrogen) atoms. The van der Waals surface area contributed by atoms with Gasteiger partial charge in [-0.15, -0.1) is 0 Å². The molecule has 0 saturated carbocycles. The molecular weight excluding hydrogens is 395 g/mol. The Morgan fingerprint density at radius 2 is 1.94 bits per heavy atom. The monoisotopic (exact) mass is 428 g/mol. The Balaban J connectivity index is 1.47. The molecule has 7 heteroatoms. The molecule has 0 spiro atoms. The van der Waals surface area contributed by atoms with Crippen molar-refractivity contribution < 1.29 is 14.2 Å². The lowest BCUT2D eigenvalue weighted by atomic mass is 10.0. The Kier molecular flexibility index (Phi) is 8.53. The highest BCUT2D eigenvalue weighted by atomic mass is 19.1. The van der Waals surface area contributed by atoms with E-state index in [1.807, 2.05) is 24.3 Å². The Morgan fingerprint density at radius 3 is 2.58 bits per heavy atom. The molecule has 0 unspecified atom stereocenters. The van der Waals surface area contributed by atoms with Crippen LogP contribution in [0.25, 0.3) is 0 Å². The van der Waals surface area contributed by atoms with E-state index in [4.69, 9.17) is 4.74 Å². The number of nitrogens with one attached hydrogen (secondary N) is 2. The van der Waals surface area contributed by atoms with Crippen molar-refractivity contribution in [3.8, 4) is 11.5 Å². The molecule has 0 radical (unpaired) electrons. The molecular formula is C24H33FN4O2. The highest BCUT2D eigenvalue weighted by molar-refractivity contribution is 5.80. The van der Waals surface area contributed by atoms with Crippen LogP contribution in [-0.2, 0) is 13.0 Å². The molecule has 0 bridgehead atoms. The number of ether oxygens (including phenoxy) is 1. The topological polar surface area (TPSA) is 69.1 Å². The summed E-state index contributed by atoms with van der Waals surface area (Å²) >= 11 is 0. The van der Waals surface area contributed by atoms with Crippen LogP contribution in [0.2, 0.25) is 0 Å². The minimum Gasteiger partial charge on any atom is -0.508 e. The van der Waals surface area contributed by atoms with E-state index in [-0.39, 0.29) is 11.6 Å². The van der Waals surface area contributed by atoms with E-state index in [0.717, 1.165) is 56.1 Å². The molecule has 2 aromatic rings. The van der Waals surface area contributed by atoms with Crippen molar-refractivity contribution in [2.45, 2.75) is 38.8 Å². The normalized spacial score (nSPS) is 15.6. The average molecular weight is 429 g/mol. The number of hydrogen-bond acceptors (Lipinski definition) is 4. The van der Waals surface area contributed by atoms with E-state index in [1.54, 1.807) is 13.2 Å². The maximum absolute atomic E-state index is 13.1. The second kappa shape index (κ2) is 11.6. The largest absolute Gasteiger partial charge is 0.508 e. The Labute approximate surface area is 184 Å². The fraction of sp³-hybridized carbons (Fsp3) is 0.458. The molecule has 2 aromatic carbocycles. The summed E-state index contributed by atoms with van der Waals surface area (Å²) in [5.41, 5.74) is 2.00. The number of halogens is 1. The maximum atomic E-state index is 13.1. The molecule has 0 atom stereocenters. The third-order valence-electron chi connectivity index (χ3n) is 5.54. The van der Waals surface area contributed by atoms with Crippen LogP contribution in [0.15, 0.2) is 47.5 Å². The van der Waals surface area contributed by atoms with E-state index >= 15 is 0 Å². The van der Waals surface area contributed by atoms with Crippen LogP contribution in [-0.4, -0.2) is 55.3 Å². The van der Waals surface area contributed by atoms with Crippen LogP contribution in [0.5, 0.6) is 11.5 Å². The minimum absolute atomic E-state index is 0.191. The third-order valence-corrected chi connectivity index (χ3v) is 5.54. The average Bonchev–Trinajstić information content (AvgIpc) is 2.78. The van der Waals surface area contributed by atoms with Crippen LogP contribution in [0, 0.1) is 5.82 Å². The number of hydrogen-bond donors (Lipinski definition) is 3. The minimum atomic E-state index is -0.191. The molecule has 0 aliphatic carbocycles. The van der Waals surface area contributed by atoms with Crippen LogP contribution >= 0.6 is 0 Å². The quantitative estimate of drug-likeness (QED) is 0.445. The number of benzene rings is 2. The van der Waals surface area contributed by atoms with Crippen molar-refractivity contribution in [2.24, 2.45) is 4.99 Å². The molecule has 0 aromatic heterocycles. The van der Waals surface area contributed by atoms with E-state index in [2.05, 4.69) is 27.4 Å². The van der Waals surface area contributed by atoms with E-state index in [0.29, 0.717) is 24.8 Å². The molecule has 1 fully saturated rings. The van der Waals surface area contributed by atoms with Gasteiger partial charge in [-0.25, -0.2) is 4.39 Å². The highest BCUT2D eigenvalue weighted by Crippen LogP contribution is 2.23. The molecule has 1 aliphatic heterocycles. The van der Waals surface area contributed by atoms with E-state index in [9.17, 15) is 9.50 Å². The molecule has 0 amide bonds. The fourth-order valence-electron chi connectivity index (χ4n) is 3.77. The predicted molar refractivity (Wildman–Crippen MR) is 122 cm³/mol. The van der Waals surface area contributed by atoms with Crippen LogP contribution in [0.1, 0.15) is 30.9 Å². The molecule has 3 N–H and O–H groups in total. The summed E-state index contributed by atoms with van der Waals surface area (Å²) in [6.07, 6.45) is 2.72.